The Hall–Kier alpha value is -1.20. The van der Waals surface area contributed by atoms with Crippen molar-refractivity contribution in [3.8, 4) is 0 Å². The van der Waals surface area contributed by atoms with Crippen molar-refractivity contribution in [1.29, 1.82) is 0 Å². The number of anilines is 1. The maximum Gasteiger partial charge on any atom is 0.147 e. The number of hydrogen-bond acceptors (Lipinski definition) is 5. The average Bonchev–Trinajstić information content (AvgIpc) is 2.33. The first-order valence-electron chi connectivity index (χ1n) is 5.64. The zero-order valence-corrected chi connectivity index (χ0v) is 9.50. The summed E-state index contributed by atoms with van der Waals surface area (Å²) in [5, 5.41) is 9.65. The largest absolute Gasteiger partial charge is 0.393 e. The zero-order valence-electron chi connectivity index (χ0n) is 9.50. The van der Waals surface area contributed by atoms with Crippen molar-refractivity contribution < 1.29 is 5.11 Å². The Morgan fingerprint density at radius 3 is 2.88 bits per heavy atom. The van der Waals surface area contributed by atoms with Crippen molar-refractivity contribution in [2.45, 2.75) is 26.0 Å². The number of piperidine rings is 1. The smallest absolute Gasteiger partial charge is 0.147 e. The maximum absolute atomic E-state index is 9.65. The van der Waals surface area contributed by atoms with E-state index in [0.717, 1.165) is 31.0 Å². The molecule has 1 aliphatic heterocycles. The Morgan fingerprint density at radius 1 is 1.50 bits per heavy atom. The molecule has 2 unspecified atom stereocenters. The van der Waals surface area contributed by atoms with Gasteiger partial charge in [0.25, 0.3) is 0 Å². The molecule has 2 rings (SSSR count). The highest BCUT2D eigenvalue weighted by atomic mass is 16.3. The molecule has 1 aromatic heterocycles. The summed E-state index contributed by atoms with van der Waals surface area (Å²) in [6.07, 6.45) is 4.08. The molecular weight excluding hydrogens is 204 g/mol. The van der Waals surface area contributed by atoms with Gasteiger partial charge in [-0.1, -0.05) is 6.92 Å². The van der Waals surface area contributed by atoms with Crippen LogP contribution in [0.1, 0.15) is 19.0 Å². The van der Waals surface area contributed by atoms with Gasteiger partial charge >= 0.3 is 0 Å². The lowest BCUT2D eigenvalue weighted by Gasteiger charge is -2.34. The van der Waals surface area contributed by atoms with Gasteiger partial charge in [-0.15, -0.1) is 0 Å². The van der Waals surface area contributed by atoms with Crippen molar-refractivity contribution in [2.75, 3.05) is 18.0 Å². The van der Waals surface area contributed by atoms with E-state index in [1.807, 2.05) is 0 Å². The third-order valence-corrected chi connectivity index (χ3v) is 3.08. The maximum atomic E-state index is 9.65. The normalized spacial score (nSPS) is 25.8. The van der Waals surface area contributed by atoms with Crippen LogP contribution in [0.15, 0.2) is 12.4 Å². The highest BCUT2D eigenvalue weighted by molar-refractivity contribution is 5.36. The molecule has 0 saturated carbocycles. The lowest BCUT2D eigenvalue weighted by molar-refractivity contribution is 0.0968. The fourth-order valence-electron chi connectivity index (χ4n) is 1.96. The third-order valence-electron chi connectivity index (χ3n) is 3.08. The molecular formula is C11H18N4O. The summed E-state index contributed by atoms with van der Waals surface area (Å²) < 4.78 is 0. The van der Waals surface area contributed by atoms with Gasteiger partial charge in [-0.3, -0.25) is 4.98 Å². The lowest BCUT2D eigenvalue weighted by atomic mass is 9.97. The molecule has 16 heavy (non-hydrogen) atoms. The summed E-state index contributed by atoms with van der Waals surface area (Å²) in [5.41, 5.74) is 6.27. The minimum absolute atomic E-state index is 0.187. The van der Waals surface area contributed by atoms with E-state index in [2.05, 4.69) is 21.8 Å². The summed E-state index contributed by atoms with van der Waals surface area (Å²) in [4.78, 5) is 10.7. The van der Waals surface area contributed by atoms with E-state index in [1.54, 1.807) is 12.4 Å². The van der Waals surface area contributed by atoms with E-state index >= 15 is 0 Å². The zero-order chi connectivity index (χ0) is 11.5. The van der Waals surface area contributed by atoms with Crippen molar-refractivity contribution in [2.24, 2.45) is 11.7 Å². The van der Waals surface area contributed by atoms with Gasteiger partial charge in [0.1, 0.15) is 5.82 Å². The molecule has 2 atom stereocenters. The SMILES string of the molecule is CC1CN(c2cnc(CN)cn2)CCC1O. The van der Waals surface area contributed by atoms with Gasteiger partial charge in [0.2, 0.25) is 0 Å². The molecule has 0 spiro atoms. The molecule has 3 N–H and O–H groups in total. The van der Waals surface area contributed by atoms with Gasteiger partial charge in [0.05, 0.1) is 24.2 Å². The molecule has 0 amide bonds. The predicted octanol–water partition coefficient (Wildman–Crippen LogP) is 0.142. The molecule has 1 aromatic rings. The van der Waals surface area contributed by atoms with Crippen molar-refractivity contribution in [3.63, 3.8) is 0 Å². The number of aliphatic hydroxyl groups is 1. The van der Waals surface area contributed by atoms with Crippen LogP contribution in [0.5, 0.6) is 0 Å². The number of rotatable bonds is 2. The summed E-state index contributed by atoms with van der Waals surface area (Å²) in [6.45, 7) is 4.14. The Bertz CT molecular complexity index is 340. The first-order valence-corrected chi connectivity index (χ1v) is 5.64. The summed E-state index contributed by atoms with van der Waals surface area (Å²) in [5.74, 6) is 1.15. The van der Waals surface area contributed by atoms with Crippen LogP contribution in [0.4, 0.5) is 5.82 Å². The quantitative estimate of drug-likeness (QED) is 0.744. The van der Waals surface area contributed by atoms with Gasteiger partial charge < -0.3 is 15.7 Å². The lowest BCUT2D eigenvalue weighted by Crippen LogP contribution is -2.42. The first kappa shape index (κ1) is 11.3. The van der Waals surface area contributed by atoms with Crippen molar-refractivity contribution >= 4 is 5.82 Å². The molecule has 5 nitrogen and oxygen atoms in total. The number of nitrogens with two attached hydrogens (primary N) is 1. The van der Waals surface area contributed by atoms with Crippen molar-refractivity contribution in [3.05, 3.63) is 18.1 Å². The van der Waals surface area contributed by atoms with Gasteiger partial charge in [0.15, 0.2) is 0 Å². The van der Waals surface area contributed by atoms with Crippen molar-refractivity contribution in [1.82, 2.24) is 9.97 Å². The molecule has 0 radical (unpaired) electrons. The Labute approximate surface area is 95.3 Å². The highest BCUT2D eigenvalue weighted by Gasteiger charge is 2.24. The van der Waals surface area contributed by atoms with Crippen LogP contribution in [-0.2, 0) is 6.54 Å². The second-order valence-corrected chi connectivity index (χ2v) is 4.35. The number of nitrogens with zero attached hydrogens (tertiary/aromatic N) is 3. The van der Waals surface area contributed by atoms with E-state index in [0.29, 0.717) is 6.54 Å². The van der Waals surface area contributed by atoms with E-state index in [1.165, 1.54) is 0 Å². The molecule has 5 heteroatoms. The molecule has 0 aliphatic carbocycles. The minimum Gasteiger partial charge on any atom is -0.393 e. The monoisotopic (exact) mass is 222 g/mol. The minimum atomic E-state index is -0.187. The fraction of sp³-hybridized carbons (Fsp3) is 0.636. The van der Waals surface area contributed by atoms with E-state index in [-0.39, 0.29) is 12.0 Å². The standard InChI is InChI=1S/C11H18N4O/c1-8-7-15(3-2-10(8)16)11-6-13-9(4-12)5-14-11/h5-6,8,10,16H,2-4,7,12H2,1H3. The number of hydrogen-bond donors (Lipinski definition) is 2. The molecule has 1 aliphatic rings. The Kier molecular flexibility index (Phi) is 3.36. The highest BCUT2D eigenvalue weighted by Crippen LogP contribution is 2.20. The Balaban J connectivity index is 2.06. The van der Waals surface area contributed by atoms with Crippen LogP contribution in [-0.4, -0.2) is 34.3 Å². The van der Waals surface area contributed by atoms with Gasteiger partial charge in [-0.05, 0) is 12.3 Å². The molecule has 0 bridgehead atoms. The van der Waals surface area contributed by atoms with Crippen LogP contribution in [0.25, 0.3) is 0 Å². The average molecular weight is 222 g/mol. The summed E-state index contributed by atoms with van der Waals surface area (Å²) in [7, 11) is 0. The van der Waals surface area contributed by atoms with Crippen LogP contribution < -0.4 is 10.6 Å². The second kappa shape index (κ2) is 4.76. The molecule has 0 aromatic carbocycles. The topological polar surface area (TPSA) is 75.3 Å². The number of aliphatic hydroxyl groups excluding tert-OH is 1. The second-order valence-electron chi connectivity index (χ2n) is 4.35. The van der Waals surface area contributed by atoms with E-state index < -0.39 is 0 Å². The fourth-order valence-corrected chi connectivity index (χ4v) is 1.96. The summed E-state index contributed by atoms with van der Waals surface area (Å²) >= 11 is 0. The molecule has 1 fully saturated rings. The van der Waals surface area contributed by atoms with Crippen LogP contribution in [0.3, 0.4) is 0 Å². The van der Waals surface area contributed by atoms with Crippen LogP contribution in [0, 0.1) is 5.92 Å². The van der Waals surface area contributed by atoms with Crippen LogP contribution in [0.2, 0.25) is 0 Å². The molecule has 88 valence electrons. The van der Waals surface area contributed by atoms with E-state index in [9.17, 15) is 5.11 Å². The predicted molar refractivity (Wildman–Crippen MR) is 61.9 cm³/mol. The van der Waals surface area contributed by atoms with E-state index in [4.69, 9.17) is 5.73 Å². The van der Waals surface area contributed by atoms with Crippen LogP contribution >= 0.6 is 0 Å². The third kappa shape index (κ3) is 2.31. The summed E-state index contributed by atoms with van der Waals surface area (Å²) in [6, 6.07) is 0. The molecule has 2 heterocycles. The molecule has 1 saturated heterocycles. The van der Waals surface area contributed by atoms with Gasteiger partial charge in [-0.2, -0.15) is 0 Å². The number of aromatic nitrogens is 2. The first-order chi connectivity index (χ1) is 7.70. The Morgan fingerprint density at radius 2 is 2.31 bits per heavy atom. The van der Waals surface area contributed by atoms with Gasteiger partial charge in [-0.25, -0.2) is 4.98 Å². The van der Waals surface area contributed by atoms with Gasteiger partial charge in [0, 0.05) is 19.6 Å².